The Bertz CT molecular complexity index is 307. The van der Waals surface area contributed by atoms with Crippen LogP contribution in [0.25, 0.3) is 0 Å². The quantitative estimate of drug-likeness (QED) is 0.531. The fourth-order valence-corrected chi connectivity index (χ4v) is 0.663. The predicted molar refractivity (Wildman–Crippen MR) is 34.4 cm³/mol. The van der Waals surface area contributed by atoms with Crippen LogP contribution >= 0.6 is 0 Å². The normalized spacial score (nSPS) is 8.83. The second-order valence-corrected chi connectivity index (χ2v) is 1.93. The minimum absolute atomic E-state index is 0. The first-order chi connectivity index (χ1) is 5.11. The fraction of sp³-hybridized carbons (Fsp3) is 0. The summed E-state index contributed by atoms with van der Waals surface area (Å²) in [5.74, 6) is -3.24. The van der Waals surface area contributed by atoms with Gasteiger partial charge in [-0.25, -0.2) is 13.6 Å². The summed E-state index contributed by atoms with van der Waals surface area (Å²) in [6, 6.07) is 2.31. The average Bonchev–Trinajstić information content (AvgIpc) is 1.85. The zero-order chi connectivity index (χ0) is 8.43. The summed E-state index contributed by atoms with van der Waals surface area (Å²) in [4.78, 5) is 10.2. The number of carbonyl (C=O) groups is 1. The molecule has 5 heteroatoms. The molecule has 0 unspecified atom stereocenters. The average molecular weight is 166 g/mol. The Kier molecular flexibility index (Phi) is 3.94. The molecular weight excluding hydrogens is 161 g/mol. The van der Waals surface area contributed by atoms with Gasteiger partial charge < -0.3 is 6.53 Å². The van der Waals surface area contributed by atoms with Gasteiger partial charge in [0.05, 0.1) is 5.56 Å². The third-order valence-electron chi connectivity index (χ3n) is 1.16. The first kappa shape index (κ1) is 11.1. The molecule has 2 nitrogen and oxygen atoms in total. The molecule has 0 amide bonds. The van der Waals surface area contributed by atoms with E-state index in [1.165, 1.54) is 0 Å². The van der Waals surface area contributed by atoms with Crippen LogP contribution in [0.2, 0.25) is 0 Å². The molecular formula is C7H5F2LiO2. The predicted octanol–water partition coefficient (Wildman–Crippen LogP) is -1.22. The van der Waals surface area contributed by atoms with Gasteiger partial charge in [-0.05, 0) is 12.1 Å². The van der Waals surface area contributed by atoms with E-state index in [0.717, 1.165) is 12.1 Å². The summed E-state index contributed by atoms with van der Waals surface area (Å²) in [5.41, 5.74) is -0.522. The summed E-state index contributed by atoms with van der Waals surface area (Å²) in [5, 5.41) is 8.29. The van der Waals surface area contributed by atoms with Crippen LogP contribution in [0, 0.1) is 11.6 Å². The van der Waals surface area contributed by atoms with E-state index in [-0.39, 0.29) is 20.3 Å². The van der Waals surface area contributed by atoms with Gasteiger partial charge >= 0.3 is 24.8 Å². The molecule has 0 heterocycles. The number of benzene rings is 1. The van der Waals surface area contributed by atoms with Crippen LogP contribution in [0.15, 0.2) is 18.2 Å². The monoisotopic (exact) mass is 166 g/mol. The van der Waals surface area contributed by atoms with Crippen LogP contribution in [0.4, 0.5) is 8.78 Å². The molecule has 0 aliphatic heterocycles. The molecule has 1 aromatic rings. The van der Waals surface area contributed by atoms with Gasteiger partial charge in [-0.2, -0.15) is 0 Å². The Balaban J connectivity index is 0. The smallest absolute Gasteiger partial charge is 1.00 e. The van der Waals surface area contributed by atoms with Crippen LogP contribution in [0.5, 0.6) is 0 Å². The second-order valence-electron chi connectivity index (χ2n) is 1.93. The van der Waals surface area contributed by atoms with E-state index in [2.05, 4.69) is 0 Å². The van der Waals surface area contributed by atoms with Crippen molar-refractivity contribution in [1.82, 2.24) is 0 Å². The molecule has 0 aromatic heterocycles. The van der Waals surface area contributed by atoms with Crippen molar-refractivity contribution in [3.63, 3.8) is 0 Å². The third kappa shape index (κ3) is 2.33. The van der Waals surface area contributed by atoms with Crippen LogP contribution in [-0.2, 0) is 0 Å². The Morgan fingerprint density at radius 2 is 2.00 bits per heavy atom. The van der Waals surface area contributed by atoms with E-state index >= 15 is 0 Å². The number of halogens is 2. The number of hydrogen-bond donors (Lipinski definition) is 1. The zero-order valence-electron chi connectivity index (χ0n) is 7.34. The molecule has 0 bridgehead atoms. The van der Waals surface area contributed by atoms with Crippen LogP contribution in [-0.4, -0.2) is 11.1 Å². The molecule has 60 valence electrons. The van der Waals surface area contributed by atoms with Crippen LogP contribution < -0.4 is 18.9 Å². The van der Waals surface area contributed by atoms with Gasteiger partial charge in [-0.1, -0.05) is 0 Å². The van der Waals surface area contributed by atoms with E-state index < -0.39 is 23.2 Å². The maximum Gasteiger partial charge on any atom is 1.00 e. The molecule has 0 radical (unpaired) electrons. The van der Waals surface area contributed by atoms with Crippen molar-refractivity contribution in [2.24, 2.45) is 0 Å². The maximum absolute atomic E-state index is 12.5. The molecule has 12 heavy (non-hydrogen) atoms. The Morgan fingerprint density at radius 1 is 1.42 bits per heavy atom. The summed E-state index contributed by atoms with van der Waals surface area (Å²) < 4.78 is 24.7. The Morgan fingerprint density at radius 3 is 2.42 bits per heavy atom. The van der Waals surface area contributed by atoms with Gasteiger partial charge in [0, 0.05) is 6.07 Å². The van der Waals surface area contributed by atoms with Gasteiger partial charge in [0.15, 0.2) is 0 Å². The van der Waals surface area contributed by atoms with Crippen molar-refractivity contribution >= 4 is 5.97 Å². The Hall–Kier alpha value is -0.853. The fourth-order valence-electron chi connectivity index (χ4n) is 0.663. The van der Waals surface area contributed by atoms with Gasteiger partial charge in [0.25, 0.3) is 0 Å². The number of carboxylic acid groups (broad SMARTS) is 1. The van der Waals surface area contributed by atoms with E-state index in [4.69, 9.17) is 5.11 Å². The molecule has 0 saturated heterocycles. The van der Waals surface area contributed by atoms with E-state index in [1.54, 1.807) is 0 Å². The number of aromatic carboxylic acids is 1. The largest absolute Gasteiger partial charge is 1.00 e. The molecule has 0 atom stereocenters. The first-order valence-electron chi connectivity index (χ1n) is 2.79. The van der Waals surface area contributed by atoms with Gasteiger partial charge in [0.2, 0.25) is 0 Å². The summed E-state index contributed by atoms with van der Waals surface area (Å²) in [6.45, 7) is 0. The summed E-state index contributed by atoms with van der Waals surface area (Å²) in [7, 11) is 0. The summed E-state index contributed by atoms with van der Waals surface area (Å²) in [6.07, 6.45) is 0. The molecule has 1 rings (SSSR count). The Labute approximate surface area is 80.9 Å². The molecule has 0 fully saturated rings. The molecule has 0 aliphatic rings. The maximum atomic E-state index is 12.5. The minimum Gasteiger partial charge on any atom is -1.00 e. The second kappa shape index (κ2) is 4.24. The van der Waals surface area contributed by atoms with E-state index in [0.29, 0.717) is 6.07 Å². The van der Waals surface area contributed by atoms with Crippen molar-refractivity contribution in [3.05, 3.63) is 35.4 Å². The van der Waals surface area contributed by atoms with Crippen molar-refractivity contribution < 1.29 is 39.0 Å². The third-order valence-corrected chi connectivity index (χ3v) is 1.16. The first-order valence-corrected chi connectivity index (χ1v) is 2.79. The topological polar surface area (TPSA) is 37.3 Å². The van der Waals surface area contributed by atoms with Crippen LogP contribution in [0.1, 0.15) is 11.8 Å². The molecule has 1 aromatic carbocycles. The van der Waals surface area contributed by atoms with Gasteiger partial charge in [-0.3, -0.25) is 0 Å². The van der Waals surface area contributed by atoms with Crippen molar-refractivity contribution in [3.8, 4) is 0 Å². The van der Waals surface area contributed by atoms with Crippen LogP contribution in [0.3, 0.4) is 0 Å². The SMILES string of the molecule is O=C(O)c1ccc(F)cc1F.[H-].[Li+]. The molecule has 0 spiro atoms. The number of hydrogen-bond acceptors (Lipinski definition) is 1. The van der Waals surface area contributed by atoms with E-state index in [1.807, 2.05) is 0 Å². The van der Waals surface area contributed by atoms with E-state index in [9.17, 15) is 13.6 Å². The molecule has 0 aliphatic carbocycles. The van der Waals surface area contributed by atoms with Crippen molar-refractivity contribution in [1.29, 1.82) is 0 Å². The summed E-state index contributed by atoms with van der Waals surface area (Å²) >= 11 is 0. The zero-order valence-corrected chi connectivity index (χ0v) is 6.34. The molecule has 0 saturated carbocycles. The standard InChI is InChI=1S/C7H4F2O2.Li.H/c8-4-1-2-5(7(10)11)6(9)3-4;;/h1-3H,(H,10,11);;/q;+1;-1. The van der Waals surface area contributed by atoms with Gasteiger partial charge in [-0.15, -0.1) is 0 Å². The van der Waals surface area contributed by atoms with Crippen molar-refractivity contribution in [2.45, 2.75) is 0 Å². The molecule has 1 N–H and O–H groups in total. The number of rotatable bonds is 1. The minimum atomic E-state index is -1.40. The van der Waals surface area contributed by atoms with Crippen molar-refractivity contribution in [2.75, 3.05) is 0 Å². The number of carboxylic acids is 1. The van der Waals surface area contributed by atoms with Gasteiger partial charge in [0.1, 0.15) is 11.6 Å².